The fraction of sp³-hybridized carbons (Fsp3) is 0.143. The third-order valence-corrected chi connectivity index (χ3v) is 1.65. The lowest BCUT2D eigenvalue weighted by Gasteiger charge is -1.93. The van der Waals surface area contributed by atoms with Crippen molar-refractivity contribution in [2.24, 2.45) is 0 Å². The minimum Gasteiger partial charge on any atom is -0.423 e. The first-order valence-corrected chi connectivity index (χ1v) is 3.16. The van der Waals surface area contributed by atoms with Crippen molar-refractivity contribution in [3.05, 3.63) is 29.8 Å². The summed E-state index contributed by atoms with van der Waals surface area (Å²) in [5.74, 6) is 0. The van der Waals surface area contributed by atoms with Crippen LogP contribution in [0.5, 0.6) is 0 Å². The molecule has 0 spiro atoms. The predicted molar refractivity (Wildman–Crippen MR) is 37.7 cm³/mol. The van der Waals surface area contributed by atoms with Gasteiger partial charge in [0, 0.05) is 0 Å². The molecule has 0 amide bonds. The Balaban J connectivity index is 2.51. The minimum absolute atomic E-state index is 0.519. The molecule has 1 heterocycles. The molecular formula is C7H6BO2. The maximum Gasteiger partial charge on any atom is 0.491 e. The zero-order chi connectivity index (χ0) is 6.97. The zero-order valence-electron chi connectivity index (χ0n) is 5.37. The summed E-state index contributed by atoms with van der Waals surface area (Å²) in [7, 11) is -0.729. The summed E-state index contributed by atoms with van der Waals surface area (Å²) < 4.78 is 4.96. The molecule has 1 aromatic rings. The van der Waals surface area contributed by atoms with Gasteiger partial charge in [0.1, 0.15) is 0 Å². The molecule has 2 rings (SSSR count). The van der Waals surface area contributed by atoms with Crippen LogP contribution in [-0.4, -0.2) is 12.1 Å². The molecule has 1 N–H and O–H groups in total. The Morgan fingerprint density at radius 1 is 1.70 bits per heavy atom. The fourth-order valence-electron chi connectivity index (χ4n) is 1.10. The molecule has 3 heteroatoms. The van der Waals surface area contributed by atoms with Gasteiger partial charge in [0.25, 0.3) is 0 Å². The second-order valence-electron chi connectivity index (χ2n) is 2.29. The summed E-state index contributed by atoms with van der Waals surface area (Å²) in [5, 5.41) is 9.14. The number of benzene rings is 1. The van der Waals surface area contributed by atoms with E-state index in [9.17, 15) is 0 Å². The molecule has 0 atom stereocenters. The molecule has 1 aliphatic heterocycles. The Bertz CT molecular complexity index is 249. The first-order chi connectivity index (χ1) is 4.88. The molecule has 1 aromatic carbocycles. The topological polar surface area (TPSA) is 29.5 Å². The Hall–Kier alpha value is -0.795. The predicted octanol–water partition coefficient (Wildman–Crippen LogP) is -0.296. The maximum absolute atomic E-state index is 9.14. The van der Waals surface area contributed by atoms with Gasteiger partial charge in [0.2, 0.25) is 0 Å². The first-order valence-electron chi connectivity index (χ1n) is 3.16. The van der Waals surface area contributed by atoms with Crippen molar-refractivity contribution in [2.75, 3.05) is 0 Å². The molecule has 1 radical (unpaired) electrons. The van der Waals surface area contributed by atoms with Crippen molar-refractivity contribution in [2.45, 2.75) is 6.61 Å². The van der Waals surface area contributed by atoms with E-state index in [1.807, 2.05) is 12.1 Å². The van der Waals surface area contributed by atoms with Crippen molar-refractivity contribution in [1.29, 1.82) is 0 Å². The summed E-state index contributed by atoms with van der Waals surface area (Å²) in [6, 6.07) is 8.37. The van der Waals surface area contributed by atoms with Crippen LogP contribution in [-0.2, 0) is 11.3 Å². The Labute approximate surface area is 59.6 Å². The smallest absolute Gasteiger partial charge is 0.423 e. The lowest BCUT2D eigenvalue weighted by atomic mass is 9.80. The third kappa shape index (κ3) is 0.752. The van der Waals surface area contributed by atoms with Crippen LogP contribution in [0.15, 0.2) is 18.2 Å². The molecule has 0 saturated carbocycles. The second kappa shape index (κ2) is 2.11. The Morgan fingerprint density at radius 2 is 2.60 bits per heavy atom. The molecular weight excluding hydrogens is 127 g/mol. The Kier molecular flexibility index (Phi) is 1.26. The van der Waals surface area contributed by atoms with Gasteiger partial charge in [-0.15, -0.1) is 0 Å². The SMILES string of the molecule is OB1OCc2cc[c]cc21. The molecule has 0 unspecified atom stereocenters. The molecule has 0 aromatic heterocycles. The summed E-state index contributed by atoms with van der Waals surface area (Å²) in [5.41, 5.74) is 1.91. The van der Waals surface area contributed by atoms with Crippen LogP contribution in [0, 0.1) is 6.07 Å². The van der Waals surface area contributed by atoms with E-state index < -0.39 is 7.12 Å². The highest BCUT2D eigenvalue weighted by Crippen LogP contribution is 2.07. The summed E-state index contributed by atoms with van der Waals surface area (Å²) in [6.45, 7) is 0.519. The molecule has 0 aliphatic carbocycles. The van der Waals surface area contributed by atoms with Crippen molar-refractivity contribution in [3.63, 3.8) is 0 Å². The fourth-order valence-corrected chi connectivity index (χ4v) is 1.10. The first kappa shape index (κ1) is 5.95. The summed E-state index contributed by atoms with van der Waals surface area (Å²) >= 11 is 0. The van der Waals surface area contributed by atoms with E-state index in [0.29, 0.717) is 6.61 Å². The van der Waals surface area contributed by atoms with Crippen LogP contribution in [0.25, 0.3) is 0 Å². The van der Waals surface area contributed by atoms with Crippen LogP contribution < -0.4 is 5.46 Å². The molecule has 10 heavy (non-hydrogen) atoms. The zero-order valence-corrected chi connectivity index (χ0v) is 5.37. The molecule has 2 nitrogen and oxygen atoms in total. The van der Waals surface area contributed by atoms with Crippen molar-refractivity contribution >= 4 is 12.6 Å². The highest BCUT2D eigenvalue weighted by molar-refractivity contribution is 6.61. The standard InChI is InChI=1S/C7H6BO2/c9-8-7-4-2-1-3-6(7)5-10-8/h1,3-4,9H,5H2. The number of hydrogen-bond acceptors (Lipinski definition) is 2. The summed E-state index contributed by atoms with van der Waals surface area (Å²) in [4.78, 5) is 0. The van der Waals surface area contributed by atoms with E-state index in [1.54, 1.807) is 6.07 Å². The van der Waals surface area contributed by atoms with Crippen LogP contribution in [0.1, 0.15) is 5.56 Å². The highest BCUT2D eigenvalue weighted by atomic mass is 16.5. The highest BCUT2D eigenvalue weighted by Gasteiger charge is 2.25. The van der Waals surface area contributed by atoms with Gasteiger partial charge in [-0.2, -0.15) is 0 Å². The molecule has 0 saturated heterocycles. The summed E-state index contributed by atoms with van der Waals surface area (Å²) in [6.07, 6.45) is 0. The van der Waals surface area contributed by atoms with Crippen molar-refractivity contribution < 1.29 is 9.68 Å². The quantitative estimate of drug-likeness (QED) is 0.492. The molecule has 0 bridgehead atoms. The average Bonchev–Trinajstić information content (AvgIpc) is 2.34. The van der Waals surface area contributed by atoms with E-state index in [0.717, 1.165) is 11.0 Å². The number of rotatable bonds is 0. The molecule has 49 valence electrons. The van der Waals surface area contributed by atoms with Crippen LogP contribution in [0.4, 0.5) is 0 Å². The van der Waals surface area contributed by atoms with Gasteiger partial charge in [0.05, 0.1) is 6.61 Å². The van der Waals surface area contributed by atoms with Crippen molar-refractivity contribution in [1.82, 2.24) is 0 Å². The van der Waals surface area contributed by atoms with E-state index >= 15 is 0 Å². The van der Waals surface area contributed by atoms with Gasteiger partial charge < -0.3 is 9.68 Å². The minimum atomic E-state index is -0.729. The monoisotopic (exact) mass is 133 g/mol. The number of fused-ring (bicyclic) bond motifs is 1. The van der Waals surface area contributed by atoms with E-state index in [1.165, 1.54) is 0 Å². The van der Waals surface area contributed by atoms with Gasteiger partial charge >= 0.3 is 7.12 Å². The lowest BCUT2D eigenvalue weighted by Crippen LogP contribution is -2.27. The molecule has 0 fully saturated rings. The van der Waals surface area contributed by atoms with Crippen LogP contribution in [0.2, 0.25) is 0 Å². The normalized spacial score (nSPS) is 15.5. The maximum atomic E-state index is 9.14. The van der Waals surface area contributed by atoms with Gasteiger partial charge in [-0.25, -0.2) is 0 Å². The van der Waals surface area contributed by atoms with Gasteiger partial charge in [-0.3, -0.25) is 0 Å². The average molecular weight is 133 g/mol. The van der Waals surface area contributed by atoms with Gasteiger partial charge in [-0.05, 0) is 17.1 Å². The number of hydrogen-bond donors (Lipinski definition) is 1. The molecule has 1 aliphatic rings. The van der Waals surface area contributed by atoms with E-state index in [4.69, 9.17) is 9.68 Å². The second-order valence-corrected chi connectivity index (χ2v) is 2.29. The van der Waals surface area contributed by atoms with Gasteiger partial charge in [0.15, 0.2) is 0 Å². The Morgan fingerprint density at radius 3 is 3.40 bits per heavy atom. The van der Waals surface area contributed by atoms with Crippen molar-refractivity contribution in [3.8, 4) is 0 Å². The largest absolute Gasteiger partial charge is 0.491 e. The van der Waals surface area contributed by atoms with Gasteiger partial charge in [-0.1, -0.05) is 18.2 Å². The van der Waals surface area contributed by atoms with E-state index in [2.05, 4.69) is 6.07 Å². The van der Waals surface area contributed by atoms with Crippen LogP contribution in [0.3, 0.4) is 0 Å². The van der Waals surface area contributed by atoms with Crippen LogP contribution >= 0.6 is 0 Å². The lowest BCUT2D eigenvalue weighted by molar-refractivity contribution is 0.275. The third-order valence-electron chi connectivity index (χ3n) is 1.65. The van der Waals surface area contributed by atoms with E-state index in [-0.39, 0.29) is 0 Å².